The van der Waals surface area contributed by atoms with Gasteiger partial charge in [-0.25, -0.2) is 0 Å². The van der Waals surface area contributed by atoms with Crippen LogP contribution in [0.1, 0.15) is 69.9 Å². The fraction of sp³-hybridized carbons (Fsp3) is 0.769. The smallest absolute Gasteiger partial charge is 0.115 e. The van der Waals surface area contributed by atoms with E-state index >= 15 is 0 Å². The lowest BCUT2D eigenvalue weighted by Gasteiger charge is -2.56. The molecule has 3 heteroatoms. The summed E-state index contributed by atoms with van der Waals surface area (Å²) in [7, 11) is 4.22. The highest BCUT2D eigenvalue weighted by atomic mass is 16.5. The second-order valence-electron chi connectivity index (χ2n) is 11.1. The molecule has 0 saturated heterocycles. The highest BCUT2D eigenvalue weighted by Crippen LogP contribution is 2.69. The first-order valence-electron chi connectivity index (χ1n) is 11.8. The van der Waals surface area contributed by atoms with Crippen molar-refractivity contribution < 1.29 is 9.84 Å². The van der Waals surface area contributed by atoms with Gasteiger partial charge in [0.05, 0.1) is 6.61 Å². The molecule has 3 aliphatic carbocycles. The van der Waals surface area contributed by atoms with Crippen LogP contribution in [0.2, 0.25) is 0 Å². The van der Waals surface area contributed by atoms with Gasteiger partial charge < -0.3 is 14.7 Å². The van der Waals surface area contributed by atoms with Gasteiger partial charge in [-0.2, -0.15) is 0 Å². The molecule has 3 aliphatic rings. The van der Waals surface area contributed by atoms with Crippen LogP contribution in [0, 0.1) is 28.6 Å². The van der Waals surface area contributed by atoms with E-state index in [2.05, 4.69) is 45.8 Å². The average Bonchev–Trinajstić information content (AvgIpc) is 2.92. The van der Waals surface area contributed by atoms with Crippen molar-refractivity contribution >= 4 is 0 Å². The zero-order valence-electron chi connectivity index (χ0n) is 19.2. The molecule has 0 bridgehead atoms. The summed E-state index contributed by atoms with van der Waals surface area (Å²) in [4.78, 5) is 2.19. The molecule has 3 nitrogen and oxygen atoms in total. The number of nitrogens with zero attached hydrogens (tertiary/aromatic N) is 1. The molecule has 0 amide bonds. The molecule has 6 atom stereocenters. The monoisotopic (exact) mass is 399 g/mol. The van der Waals surface area contributed by atoms with Crippen LogP contribution < -0.4 is 0 Å². The Labute approximate surface area is 177 Å². The summed E-state index contributed by atoms with van der Waals surface area (Å²) in [6.45, 7) is 10.4. The number of rotatable bonds is 6. The quantitative estimate of drug-likeness (QED) is 0.644. The Balaban J connectivity index is 1.50. The Hall–Kier alpha value is -1.06. The van der Waals surface area contributed by atoms with Gasteiger partial charge in [0, 0.05) is 13.2 Å². The molecule has 29 heavy (non-hydrogen) atoms. The maximum Gasteiger partial charge on any atom is 0.115 e. The van der Waals surface area contributed by atoms with Gasteiger partial charge >= 0.3 is 0 Å². The maximum absolute atomic E-state index is 9.97. The minimum absolute atomic E-state index is 0.399. The molecule has 0 spiro atoms. The van der Waals surface area contributed by atoms with Crippen molar-refractivity contribution in [2.24, 2.45) is 28.6 Å². The van der Waals surface area contributed by atoms with Crippen LogP contribution >= 0.6 is 0 Å². The highest BCUT2D eigenvalue weighted by molar-refractivity contribution is 5.40. The number of fused-ring (bicyclic) bond motifs is 5. The van der Waals surface area contributed by atoms with Crippen LogP contribution in [0.15, 0.2) is 18.2 Å². The highest BCUT2D eigenvalue weighted by Gasteiger charge is 2.60. The zero-order valence-corrected chi connectivity index (χ0v) is 19.2. The van der Waals surface area contributed by atoms with Gasteiger partial charge in [0.2, 0.25) is 0 Å². The molecule has 2 fully saturated rings. The minimum Gasteiger partial charge on any atom is -0.508 e. The van der Waals surface area contributed by atoms with Crippen molar-refractivity contribution in [2.45, 2.75) is 65.2 Å². The summed E-state index contributed by atoms with van der Waals surface area (Å²) < 4.78 is 6.02. The first kappa shape index (κ1) is 21.2. The van der Waals surface area contributed by atoms with E-state index in [0.29, 0.717) is 28.4 Å². The number of ether oxygens (including phenoxy) is 1. The predicted molar refractivity (Wildman–Crippen MR) is 119 cm³/mol. The number of phenols is 1. The van der Waals surface area contributed by atoms with Crippen molar-refractivity contribution in [2.75, 3.05) is 33.9 Å². The van der Waals surface area contributed by atoms with Crippen molar-refractivity contribution in [3.05, 3.63) is 29.3 Å². The molecule has 1 aromatic rings. The number of hydrogen-bond donors (Lipinski definition) is 1. The molecule has 0 aromatic heterocycles. The van der Waals surface area contributed by atoms with Crippen LogP contribution in [0.4, 0.5) is 0 Å². The number of likely N-dealkylation sites (N-methyl/N-ethyl adjacent to an activating group) is 1. The van der Waals surface area contributed by atoms with Crippen molar-refractivity contribution in [3.8, 4) is 5.75 Å². The normalized spacial score (nSPS) is 38.6. The minimum atomic E-state index is 0.399. The third kappa shape index (κ3) is 3.63. The van der Waals surface area contributed by atoms with Gasteiger partial charge in [0.15, 0.2) is 0 Å². The molecule has 2 saturated carbocycles. The molecular weight excluding hydrogens is 358 g/mol. The summed E-state index contributed by atoms with van der Waals surface area (Å²) in [6, 6.07) is 6.16. The fourth-order valence-corrected chi connectivity index (χ4v) is 7.39. The molecule has 0 aliphatic heterocycles. The molecule has 162 valence electrons. The van der Waals surface area contributed by atoms with Crippen molar-refractivity contribution in [1.29, 1.82) is 0 Å². The van der Waals surface area contributed by atoms with E-state index in [9.17, 15) is 5.11 Å². The number of hydrogen-bond acceptors (Lipinski definition) is 3. The van der Waals surface area contributed by atoms with Crippen LogP contribution in [0.25, 0.3) is 0 Å². The topological polar surface area (TPSA) is 32.7 Å². The number of phenolic OH excluding ortho intramolecular Hbond substituents is 1. The molecular formula is C26H41NO2. The number of aromatic hydroxyl groups is 1. The second kappa shape index (κ2) is 7.89. The van der Waals surface area contributed by atoms with Crippen LogP contribution in [0.3, 0.4) is 0 Å². The Morgan fingerprint density at radius 1 is 1.14 bits per heavy atom. The third-order valence-electron chi connectivity index (χ3n) is 9.31. The van der Waals surface area contributed by atoms with E-state index in [-0.39, 0.29) is 0 Å². The first-order valence-corrected chi connectivity index (χ1v) is 11.8. The molecule has 1 aromatic carbocycles. The van der Waals surface area contributed by atoms with E-state index in [1.165, 1.54) is 43.2 Å². The van der Waals surface area contributed by atoms with E-state index in [1.807, 2.05) is 12.1 Å². The largest absolute Gasteiger partial charge is 0.508 e. The SMILES string of the molecule is C[C@@H]1Cc2cc(O)ccc2C2CCC3(C)C(CC[C@]3(C)CCOCCN(C)C)C21. The summed E-state index contributed by atoms with van der Waals surface area (Å²) in [5, 5.41) is 9.97. The summed E-state index contributed by atoms with van der Waals surface area (Å²) in [5.41, 5.74) is 3.77. The summed E-state index contributed by atoms with van der Waals surface area (Å²) in [5.74, 6) is 3.44. The third-order valence-corrected chi connectivity index (χ3v) is 9.31. The Morgan fingerprint density at radius 3 is 2.69 bits per heavy atom. The van der Waals surface area contributed by atoms with E-state index in [0.717, 1.165) is 38.0 Å². The molecule has 0 heterocycles. The van der Waals surface area contributed by atoms with Gasteiger partial charge in [-0.1, -0.05) is 26.8 Å². The predicted octanol–water partition coefficient (Wildman–Crippen LogP) is 5.47. The number of benzene rings is 1. The van der Waals surface area contributed by atoms with Crippen molar-refractivity contribution in [1.82, 2.24) is 4.90 Å². The fourth-order valence-electron chi connectivity index (χ4n) is 7.39. The molecule has 1 N–H and O–H groups in total. The zero-order chi connectivity index (χ0) is 20.8. The lowest BCUT2D eigenvalue weighted by molar-refractivity contribution is -0.0476. The molecule has 0 radical (unpaired) electrons. The maximum atomic E-state index is 9.97. The van der Waals surface area contributed by atoms with Crippen molar-refractivity contribution in [3.63, 3.8) is 0 Å². The Kier molecular flexibility index (Phi) is 5.76. The van der Waals surface area contributed by atoms with Gasteiger partial charge in [0.1, 0.15) is 5.75 Å². The first-order chi connectivity index (χ1) is 13.7. The lowest BCUT2D eigenvalue weighted by Crippen LogP contribution is -2.48. The molecule has 4 rings (SSSR count). The van der Waals surface area contributed by atoms with Gasteiger partial charge in [0.25, 0.3) is 0 Å². The Morgan fingerprint density at radius 2 is 1.93 bits per heavy atom. The van der Waals surface area contributed by atoms with E-state index < -0.39 is 0 Å². The summed E-state index contributed by atoms with van der Waals surface area (Å²) in [6.07, 6.45) is 7.69. The average molecular weight is 400 g/mol. The standard InChI is InChI=1S/C26H41NO2/c1-18-16-19-17-20(28)6-7-21(19)22-8-11-26(3)23(24(18)22)9-10-25(26,2)12-14-29-15-13-27(4)5/h6-7,17-18,22-24,28H,8-16H2,1-5H3/t18-,22?,23?,24?,25-,26?/m1/s1. The van der Waals surface area contributed by atoms with E-state index in [4.69, 9.17) is 4.74 Å². The van der Waals surface area contributed by atoms with Crippen LogP contribution in [0.5, 0.6) is 5.75 Å². The van der Waals surface area contributed by atoms with Crippen LogP contribution in [-0.4, -0.2) is 43.9 Å². The Bertz CT molecular complexity index is 731. The van der Waals surface area contributed by atoms with Gasteiger partial charge in [-0.3, -0.25) is 0 Å². The van der Waals surface area contributed by atoms with E-state index in [1.54, 1.807) is 0 Å². The van der Waals surface area contributed by atoms with Crippen LogP contribution in [-0.2, 0) is 11.2 Å². The molecule has 4 unspecified atom stereocenters. The lowest BCUT2D eigenvalue weighted by atomic mass is 9.49. The van der Waals surface area contributed by atoms with Gasteiger partial charge in [-0.05, 0) is 110 Å². The second-order valence-corrected chi connectivity index (χ2v) is 11.1. The summed E-state index contributed by atoms with van der Waals surface area (Å²) >= 11 is 0. The van der Waals surface area contributed by atoms with Gasteiger partial charge in [-0.15, -0.1) is 0 Å².